The number of nitrogens with one attached hydrogen (secondary N) is 1. The van der Waals surface area contributed by atoms with E-state index < -0.39 is 5.76 Å². The smallest absolute Gasteiger partial charge is 0.296 e. The predicted molar refractivity (Wildman–Crippen MR) is 42.9 cm³/mol. The Morgan fingerprint density at radius 3 is 3.00 bits per heavy atom. The van der Waals surface area contributed by atoms with Crippen molar-refractivity contribution < 1.29 is 4.52 Å². The van der Waals surface area contributed by atoms with Crippen LogP contribution in [0.1, 0.15) is 5.69 Å². The fourth-order valence-corrected chi connectivity index (χ4v) is 0.969. The summed E-state index contributed by atoms with van der Waals surface area (Å²) in [6.07, 6.45) is 2.99. The quantitative estimate of drug-likeness (QED) is 0.670. The minimum Gasteiger partial charge on any atom is -0.296 e. The molecule has 0 amide bonds. The number of aryl methyl sites for hydroxylation is 1. The van der Waals surface area contributed by atoms with Gasteiger partial charge >= 0.3 is 5.76 Å². The van der Waals surface area contributed by atoms with Gasteiger partial charge in [0.15, 0.2) is 5.82 Å². The predicted octanol–water partition coefficient (Wildman–Crippen LogP) is 0.128. The van der Waals surface area contributed by atoms with E-state index in [1.165, 1.54) is 6.33 Å². The number of aromatic amines is 1. The molecule has 13 heavy (non-hydrogen) atoms. The first kappa shape index (κ1) is 7.66. The van der Waals surface area contributed by atoms with E-state index in [0.717, 1.165) is 5.69 Å². The molecule has 0 saturated heterocycles. The number of rotatable bonds is 1. The molecule has 2 aromatic heterocycles. The van der Waals surface area contributed by atoms with Crippen molar-refractivity contribution in [3.63, 3.8) is 0 Å². The van der Waals surface area contributed by atoms with E-state index in [0.29, 0.717) is 11.4 Å². The van der Waals surface area contributed by atoms with Crippen molar-refractivity contribution in [2.24, 2.45) is 0 Å². The summed E-state index contributed by atoms with van der Waals surface area (Å²) in [4.78, 5) is 20.8. The van der Waals surface area contributed by atoms with Crippen LogP contribution in [0.3, 0.4) is 0 Å². The van der Waals surface area contributed by atoms with E-state index in [4.69, 9.17) is 0 Å². The zero-order valence-corrected chi connectivity index (χ0v) is 6.81. The van der Waals surface area contributed by atoms with Gasteiger partial charge in [-0.05, 0) is 6.92 Å². The Labute approximate surface area is 72.6 Å². The molecule has 0 aliphatic carbocycles. The van der Waals surface area contributed by atoms with Crippen LogP contribution in [-0.4, -0.2) is 20.1 Å². The molecule has 2 aromatic rings. The lowest BCUT2D eigenvalue weighted by atomic mass is 10.2. The molecule has 2 rings (SSSR count). The monoisotopic (exact) mass is 178 g/mol. The Balaban J connectivity index is 2.58. The Bertz CT molecular complexity index is 473. The Hall–Kier alpha value is -1.98. The Morgan fingerprint density at radius 2 is 2.38 bits per heavy atom. The second kappa shape index (κ2) is 2.81. The summed E-state index contributed by atoms with van der Waals surface area (Å²) in [6, 6.07) is 0. The van der Waals surface area contributed by atoms with Gasteiger partial charge in [0.2, 0.25) is 0 Å². The van der Waals surface area contributed by atoms with Gasteiger partial charge in [0, 0.05) is 6.20 Å². The molecule has 0 aromatic carbocycles. The normalized spacial score (nSPS) is 10.2. The average molecular weight is 178 g/mol. The topological polar surface area (TPSA) is 84.7 Å². The molecule has 0 unspecified atom stereocenters. The van der Waals surface area contributed by atoms with Crippen LogP contribution in [0, 0.1) is 6.92 Å². The maximum absolute atomic E-state index is 10.6. The van der Waals surface area contributed by atoms with Crippen LogP contribution >= 0.6 is 0 Å². The average Bonchev–Trinajstić information content (AvgIpc) is 2.53. The molecule has 0 atom stereocenters. The van der Waals surface area contributed by atoms with Crippen LogP contribution in [0.4, 0.5) is 0 Å². The first-order valence-corrected chi connectivity index (χ1v) is 3.60. The highest BCUT2D eigenvalue weighted by molar-refractivity contribution is 5.54. The maximum Gasteiger partial charge on any atom is 0.439 e. The van der Waals surface area contributed by atoms with E-state index in [1.54, 1.807) is 13.1 Å². The first-order chi connectivity index (χ1) is 6.27. The van der Waals surface area contributed by atoms with Crippen LogP contribution in [0.2, 0.25) is 0 Å². The molecule has 0 radical (unpaired) electrons. The highest BCUT2D eigenvalue weighted by Crippen LogP contribution is 2.13. The summed E-state index contributed by atoms with van der Waals surface area (Å²) in [6.45, 7) is 1.80. The van der Waals surface area contributed by atoms with Gasteiger partial charge in [-0.3, -0.25) is 9.51 Å². The molecule has 0 fully saturated rings. The molecular weight excluding hydrogens is 172 g/mol. The lowest BCUT2D eigenvalue weighted by Crippen LogP contribution is -1.96. The van der Waals surface area contributed by atoms with E-state index >= 15 is 0 Å². The van der Waals surface area contributed by atoms with Crippen molar-refractivity contribution in [3.8, 4) is 11.4 Å². The molecular formula is C7H6N4O2. The molecule has 0 bridgehead atoms. The third-order valence-corrected chi connectivity index (χ3v) is 1.61. The molecule has 6 nitrogen and oxygen atoms in total. The molecule has 2 heterocycles. The van der Waals surface area contributed by atoms with Gasteiger partial charge in [0.25, 0.3) is 0 Å². The third-order valence-electron chi connectivity index (χ3n) is 1.61. The summed E-state index contributed by atoms with van der Waals surface area (Å²) in [5.41, 5.74) is 1.40. The number of hydrogen-bond donors (Lipinski definition) is 1. The molecule has 1 N–H and O–H groups in total. The van der Waals surface area contributed by atoms with E-state index in [2.05, 4.69) is 24.6 Å². The Kier molecular flexibility index (Phi) is 1.66. The second-order valence-corrected chi connectivity index (χ2v) is 2.47. The summed E-state index contributed by atoms with van der Waals surface area (Å²) in [5, 5.41) is 3.52. The second-order valence-electron chi connectivity index (χ2n) is 2.47. The third kappa shape index (κ3) is 1.33. The maximum atomic E-state index is 10.6. The Morgan fingerprint density at radius 1 is 1.54 bits per heavy atom. The number of H-pyrrole nitrogens is 1. The SMILES string of the molecule is Cc1ncncc1-c1noc(=O)[nH]1. The highest BCUT2D eigenvalue weighted by atomic mass is 16.5. The van der Waals surface area contributed by atoms with E-state index in [-0.39, 0.29) is 0 Å². The standard InChI is InChI=1S/C7H6N4O2/c1-4-5(2-8-3-9-4)6-10-7(12)13-11-6/h2-3H,1H3,(H,10,11,12). The number of nitrogens with zero attached hydrogens (tertiary/aromatic N) is 3. The largest absolute Gasteiger partial charge is 0.439 e. The number of hydrogen-bond acceptors (Lipinski definition) is 5. The van der Waals surface area contributed by atoms with Crippen LogP contribution in [0.15, 0.2) is 21.8 Å². The fourth-order valence-electron chi connectivity index (χ4n) is 0.969. The van der Waals surface area contributed by atoms with Gasteiger partial charge in [0.1, 0.15) is 6.33 Å². The molecule has 6 heteroatoms. The van der Waals surface area contributed by atoms with Gasteiger partial charge in [0.05, 0.1) is 11.3 Å². The van der Waals surface area contributed by atoms with Crippen LogP contribution in [0.25, 0.3) is 11.4 Å². The van der Waals surface area contributed by atoms with Crippen LogP contribution in [-0.2, 0) is 0 Å². The minimum atomic E-state index is -0.585. The van der Waals surface area contributed by atoms with Gasteiger partial charge in [-0.15, -0.1) is 0 Å². The van der Waals surface area contributed by atoms with Crippen molar-refractivity contribution in [3.05, 3.63) is 28.8 Å². The molecule has 0 aliphatic rings. The summed E-state index contributed by atoms with van der Waals surface area (Å²) >= 11 is 0. The van der Waals surface area contributed by atoms with Gasteiger partial charge < -0.3 is 0 Å². The molecule has 0 saturated carbocycles. The van der Waals surface area contributed by atoms with Crippen LogP contribution in [0.5, 0.6) is 0 Å². The highest BCUT2D eigenvalue weighted by Gasteiger charge is 2.07. The van der Waals surface area contributed by atoms with E-state index in [1.807, 2.05) is 0 Å². The summed E-state index contributed by atoms with van der Waals surface area (Å²) in [7, 11) is 0. The fraction of sp³-hybridized carbons (Fsp3) is 0.143. The van der Waals surface area contributed by atoms with Crippen LogP contribution < -0.4 is 5.76 Å². The zero-order valence-electron chi connectivity index (χ0n) is 6.81. The summed E-state index contributed by atoms with van der Waals surface area (Å²) < 4.78 is 4.36. The van der Waals surface area contributed by atoms with Crippen molar-refractivity contribution in [1.29, 1.82) is 0 Å². The number of aromatic nitrogens is 4. The minimum absolute atomic E-state index is 0.350. The van der Waals surface area contributed by atoms with Gasteiger partial charge in [-0.1, -0.05) is 5.16 Å². The van der Waals surface area contributed by atoms with E-state index in [9.17, 15) is 4.79 Å². The molecule has 0 aliphatic heterocycles. The van der Waals surface area contributed by atoms with Gasteiger partial charge in [-0.2, -0.15) is 0 Å². The molecule has 66 valence electrons. The van der Waals surface area contributed by atoms with Crippen molar-refractivity contribution in [1.82, 2.24) is 20.1 Å². The van der Waals surface area contributed by atoms with Gasteiger partial charge in [-0.25, -0.2) is 14.8 Å². The zero-order chi connectivity index (χ0) is 9.26. The molecule has 0 spiro atoms. The lowest BCUT2D eigenvalue weighted by Gasteiger charge is -1.96. The van der Waals surface area contributed by atoms with Crippen molar-refractivity contribution in [2.75, 3.05) is 0 Å². The summed E-state index contributed by atoms with van der Waals surface area (Å²) in [5.74, 6) is -0.235. The van der Waals surface area contributed by atoms with Crippen molar-refractivity contribution in [2.45, 2.75) is 6.92 Å². The first-order valence-electron chi connectivity index (χ1n) is 3.60. The van der Waals surface area contributed by atoms with Crippen molar-refractivity contribution >= 4 is 0 Å². The lowest BCUT2D eigenvalue weighted by molar-refractivity contribution is 0.388.